The van der Waals surface area contributed by atoms with Crippen molar-refractivity contribution in [2.24, 2.45) is 5.73 Å². The number of hydrogen-bond acceptors (Lipinski definition) is 5. The van der Waals surface area contributed by atoms with Gasteiger partial charge in [-0.05, 0) is 50.7 Å². The van der Waals surface area contributed by atoms with Crippen LogP contribution in [0.4, 0.5) is 0 Å². The van der Waals surface area contributed by atoms with Crippen LogP contribution in [0.15, 0.2) is 57.6 Å². The zero-order chi connectivity index (χ0) is 21.5. The highest BCUT2D eigenvalue weighted by Crippen LogP contribution is 2.35. The summed E-state index contributed by atoms with van der Waals surface area (Å²) in [6, 6.07) is 9.22. The predicted molar refractivity (Wildman–Crippen MR) is 119 cm³/mol. The summed E-state index contributed by atoms with van der Waals surface area (Å²) in [5, 5.41) is 0.439. The zero-order valence-corrected chi connectivity index (χ0v) is 17.6. The maximum Gasteiger partial charge on any atom is 0.343 e. The number of nitrogens with zero attached hydrogens (tertiary/aromatic N) is 1. The summed E-state index contributed by atoms with van der Waals surface area (Å²) in [6.45, 7) is 8.64. The number of benzene rings is 1. The first-order chi connectivity index (χ1) is 14.6. The molecule has 0 saturated carbocycles. The minimum absolute atomic E-state index is 0.326. The van der Waals surface area contributed by atoms with E-state index in [0.29, 0.717) is 28.1 Å². The summed E-state index contributed by atoms with van der Waals surface area (Å²) in [7, 11) is 0. The van der Waals surface area contributed by atoms with Gasteiger partial charge in [0.25, 0.3) is 5.95 Å². The van der Waals surface area contributed by atoms with Crippen molar-refractivity contribution < 1.29 is 18.5 Å². The van der Waals surface area contributed by atoms with Gasteiger partial charge in [0.2, 0.25) is 5.71 Å². The third-order valence-electron chi connectivity index (χ3n) is 4.54. The van der Waals surface area contributed by atoms with Gasteiger partial charge < -0.3 is 19.6 Å². The normalized spacial score (nSPS) is 13.9. The van der Waals surface area contributed by atoms with E-state index in [1.807, 2.05) is 55.5 Å². The Balaban J connectivity index is 0.000000806. The highest BCUT2D eigenvalue weighted by Gasteiger charge is 2.17. The topological polar surface area (TPSA) is 77.7 Å². The van der Waals surface area contributed by atoms with Crippen molar-refractivity contribution in [2.75, 3.05) is 19.6 Å². The molecule has 6 nitrogen and oxygen atoms in total. The second-order valence-electron chi connectivity index (χ2n) is 6.60. The number of allylic oxidation sites excluding steroid dienone is 2. The minimum atomic E-state index is -0.397. The average Bonchev–Trinajstić information content (AvgIpc) is 3.17. The molecular formula is C24H27N2O4+. The summed E-state index contributed by atoms with van der Waals surface area (Å²) in [5.41, 5.74) is 6.94. The fourth-order valence-electron chi connectivity index (χ4n) is 3.10. The van der Waals surface area contributed by atoms with Gasteiger partial charge in [-0.25, -0.2) is 9.37 Å². The first-order valence-electron chi connectivity index (χ1n) is 10.1. The van der Waals surface area contributed by atoms with Gasteiger partial charge in [-0.1, -0.05) is 19.1 Å². The Morgan fingerprint density at radius 3 is 2.23 bits per heavy atom. The van der Waals surface area contributed by atoms with Crippen molar-refractivity contribution in [3.63, 3.8) is 0 Å². The third kappa shape index (κ3) is 4.78. The van der Waals surface area contributed by atoms with Crippen LogP contribution in [0.2, 0.25) is 0 Å². The van der Waals surface area contributed by atoms with Crippen LogP contribution < -0.4 is 31.5 Å². The van der Waals surface area contributed by atoms with E-state index in [-0.39, 0.29) is 0 Å². The van der Waals surface area contributed by atoms with Crippen molar-refractivity contribution in [1.29, 1.82) is 0 Å². The molecule has 2 N–H and O–H groups in total. The molecule has 1 aliphatic heterocycles. The molecule has 0 unspecified atom stereocenters. The van der Waals surface area contributed by atoms with E-state index >= 15 is 0 Å². The molecule has 156 valence electrons. The van der Waals surface area contributed by atoms with Crippen LogP contribution in [-0.4, -0.2) is 29.9 Å². The molecule has 4 rings (SSSR count). The molecule has 0 fully saturated rings. The van der Waals surface area contributed by atoms with Crippen molar-refractivity contribution in [2.45, 2.75) is 20.8 Å². The summed E-state index contributed by atoms with van der Waals surface area (Å²) in [6.07, 6.45) is 9.19. The number of rotatable bonds is 3. The van der Waals surface area contributed by atoms with E-state index in [4.69, 9.17) is 19.6 Å². The van der Waals surface area contributed by atoms with E-state index in [0.717, 1.165) is 30.9 Å². The minimum Gasteiger partial charge on any atom is -0.422 e. The highest BCUT2D eigenvalue weighted by molar-refractivity contribution is 6.17. The van der Waals surface area contributed by atoms with Gasteiger partial charge in [0.1, 0.15) is 18.5 Å². The summed E-state index contributed by atoms with van der Waals surface area (Å²) >= 11 is 0. The molecule has 1 aromatic carbocycles. The lowest BCUT2D eigenvalue weighted by Gasteiger charge is -2.04. The Bertz CT molecular complexity index is 1150. The Morgan fingerprint density at radius 1 is 1.00 bits per heavy atom. The molecule has 2 aromatic rings. The lowest BCUT2D eigenvalue weighted by molar-refractivity contribution is -0.518. The maximum absolute atomic E-state index is 12.4. The SMILES string of the molecule is CCN.CC[N+](CC)=C1C=Cc2c/c(=C/C=C3Oc4ccccc4O3)c(=O)oc2=C1. The molecule has 2 heterocycles. The zero-order valence-electron chi connectivity index (χ0n) is 17.6. The molecule has 30 heavy (non-hydrogen) atoms. The van der Waals surface area contributed by atoms with Crippen LogP contribution in [0, 0.1) is 0 Å². The van der Waals surface area contributed by atoms with Crippen LogP contribution >= 0.6 is 0 Å². The predicted octanol–water partition coefficient (Wildman–Crippen LogP) is 2.00. The van der Waals surface area contributed by atoms with E-state index < -0.39 is 5.63 Å². The van der Waals surface area contributed by atoms with E-state index in [2.05, 4.69) is 18.4 Å². The van der Waals surface area contributed by atoms with Crippen LogP contribution in [0.1, 0.15) is 26.3 Å². The molecule has 0 amide bonds. The number of fused-ring (bicyclic) bond motifs is 2. The molecule has 6 heteroatoms. The van der Waals surface area contributed by atoms with Gasteiger partial charge in [-0.3, -0.25) is 0 Å². The Labute approximate surface area is 175 Å². The van der Waals surface area contributed by atoms with E-state index in [1.54, 1.807) is 12.2 Å². The largest absolute Gasteiger partial charge is 0.422 e. The van der Waals surface area contributed by atoms with Gasteiger partial charge in [0.15, 0.2) is 11.5 Å². The molecule has 0 radical (unpaired) electrons. The van der Waals surface area contributed by atoms with Gasteiger partial charge in [-0.15, -0.1) is 0 Å². The molecule has 0 spiro atoms. The summed E-state index contributed by atoms with van der Waals surface area (Å²) in [5.74, 6) is 1.64. The fraction of sp³-hybridized carbons (Fsp3) is 0.250. The molecule has 0 bridgehead atoms. The van der Waals surface area contributed by atoms with Crippen molar-refractivity contribution in [3.05, 3.63) is 75.0 Å². The van der Waals surface area contributed by atoms with Crippen molar-refractivity contribution in [1.82, 2.24) is 0 Å². The van der Waals surface area contributed by atoms with Gasteiger partial charge in [0, 0.05) is 17.7 Å². The second-order valence-corrected chi connectivity index (χ2v) is 6.60. The molecule has 2 aliphatic rings. The molecular weight excluding hydrogens is 380 g/mol. The first-order valence-corrected chi connectivity index (χ1v) is 10.1. The Kier molecular flexibility index (Phi) is 7.03. The Hall–Kier alpha value is -3.38. The van der Waals surface area contributed by atoms with Crippen LogP contribution in [-0.2, 0) is 0 Å². The smallest absolute Gasteiger partial charge is 0.343 e. The van der Waals surface area contributed by atoms with Crippen LogP contribution in [0.5, 0.6) is 11.5 Å². The highest BCUT2D eigenvalue weighted by atomic mass is 16.7. The summed E-state index contributed by atoms with van der Waals surface area (Å²) < 4.78 is 18.9. The van der Waals surface area contributed by atoms with Gasteiger partial charge in [0.05, 0.1) is 11.3 Å². The maximum atomic E-state index is 12.4. The first kappa shape index (κ1) is 21.3. The van der Waals surface area contributed by atoms with E-state index in [9.17, 15) is 4.79 Å². The number of hydrogen-bond donors (Lipinski definition) is 1. The molecule has 1 aromatic heterocycles. The number of nitrogens with two attached hydrogens (primary N) is 1. The van der Waals surface area contributed by atoms with Crippen LogP contribution in [0.3, 0.4) is 0 Å². The van der Waals surface area contributed by atoms with Crippen molar-refractivity contribution >= 4 is 23.9 Å². The standard InChI is InChI=1S/C22H20NO4.C2H7N/c1-3-23(4-2)17-11-9-15-13-16(22(24)27-20(15)14-17)10-12-21-25-18-7-5-6-8-19(18)26-21;1-2-3/h5-14H,3-4H2,1-2H3;2-3H2,1H3/q+1;/b16-10-;. The number of ether oxygens (including phenoxy) is 2. The Morgan fingerprint density at radius 2 is 1.63 bits per heavy atom. The van der Waals surface area contributed by atoms with Gasteiger partial charge >= 0.3 is 5.63 Å². The third-order valence-corrected chi connectivity index (χ3v) is 4.54. The monoisotopic (exact) mass is 407 g/mol. The molecule has 1 aliphatic carbocycles. The molecule has 0 saturated heterocycles. The quantitative estimate of drug-likeness (QED) is 0.788. The van der Waals surface area contributed by atoms with E-state index in [1.165, 1.54) is 0 Å². The summed E-state index contributed by atoms with van der Waals surface area (Å²) in [4.78, 5) is 12.4. The lowest BCUT2D eigenvalue weighted by atomic mass is 10.1. The van der Waals surface area contributed by atoms with Gasteiger partial charge in [-0.2, -0.15) is 0 Å². The number of para-hydroxylation sites is 2. The van der Waals surface area contributed by atoms with Crippen LogP contribution in [0.25, 0.3) is 18.2 Å². The van der Waals surface area contributed by atoms with Crippen molar-refractivity contribution in [3.8, 4) is 11.5 Å². The average molecular weight is 407 g/mol. The second kappa shape index (κ2) is 9.89. The molecule has 0 atom stereocenters. The lowest BCUT2D eigenvalue weighted by Crippen LogP contribution is -2.32. The fourth-order valence-corrected chi connectivity index (χ4v) is 3.10.